The Hall–Kier alpha value is -3.27. The van der Waals surface area contributed by atoms with E-state index in [-0.39, 0.29) is 5.75 Å². The van der Waals surface area contributed by atoms with Crippen molar-refractivity contribution in [1.82, 2.24) is 9.38 Å². The summed E-state index contributed by atoms with van der Waals surface area (Å²) in [6, 6.07) is 21.4. The van der Waals surface area contributed by atoms with Crippen LogP contribution in [0.2, 0.25) is 0 Å². The van der Waals surface area contributed by atoms with E-state index in [1.807, 2.05) is 61.5 Å². The molecule has 0 saturated heterocycles. The number of nitrogens with one attached hydrogen (secondary N) is 1. The van der Waals surface area contributed by atoms with Gasteiger partial charge < -0.3 is 10.4 Å². The van der Waals surface area contributed by atoms with Crippen LogP contribution in [0.4, 0.5) is 11.5 Å². The predicted molar refractivity (Wildman–Crippen MR) is 101 cm³/mol. The van der Waals surface area contributed by atoms with Gasteiger partial charge in [-0.25, -0.2) is 4.98 Å². The maximum atomic E-state index is 10.3. The fourth-order valence-corrected chi connectivity index (χ4v) is 3.07. The van der Waals surface area contributed by atoms with Gasteiger partial charge in [-0.2, -0.15) is 0 Å². The minimum absolute atomic E-state index is 0.219. The van der Waals surface area contributed by atoms with Crippen LogP contribution in [0, 0.1) is 13.8 Å². The molecule has 0 radical (unpaired) electrons. The Bertz CT molecular complexity index is 1070. The van der Waals surface area contributed by atoms with Gasteiger partial charge in [-0.15, -0.1) is 0 Å². The minimum Gasteiger partial charge on any atom is -0.507 e. The van der Waals surface area contributed by atoms with Crippen LogP contribution in [0.3, 0.4) is 0 Å². The van der Waals surface area contributed by atoms with Crippen LogP contribution in [-0.4, -0.2) is 14.5 Å². The number of hydrogen-bond donors (Lipinski definition) is 2. The van der Waals surface area contributed by atoms with Gasteiger partial charge in [-0.05, 0) is 49.7 Å². The van der Waals surface area contributed by atoms with Crippen molar-refractivity contribution in [2.24, 2.45) is 0 Å². The third-order valence-electron chi connectivity index (χ3n) is 4.40. The molecule has 124 valence electrons. The number of benzene rings is 2. The van der Waals surface area contributed by atoms with Crippen LogP contribution >= 0.6 is 0 Å². The van der Waals surface area contributed by atoms with Gasteiger partial charge >= 0.3 is 0 Å². The Morgan fingerprint density at radius 2 is 1.64 bits per heavy atom. The lowest BCUT2D eigenvalue weighted by Gasteiger charge is -2.13. The average molecular weight is 329 g/mol. The van der Waals surface area contributed by atoms with Gasteiger partial charge in [-0.3, -0.25) is 4.40 Å². The monoisotopic (exact) mass is 329 g/mol. The SMILES string of the molecule is Cc1ccccc1Nc1c(-c2ccccc2O)nc2cccc(C)n12. The first-order valence-corrected chi connectivity index (χ1v) is 8.24. The predicted octanol–water partition coefficient (Wildman–Crippen LogP) is 5.07. The number of nitrogens with zero attached hydrogens (tertiary/aromatic N) is 2. The zero-order valence-electron chi connectivity index (χ0n) is 14.2. The molecule has 4 aromatic rings. The molecule has 4 rings (SSSR count). The zero-order valence-corrected chi connectivity index (χ0v) is 14.2. The zero-order chi connectivity index (χ0) is 17.4. The molecule has 2 heterocycles. The molecule has 0 spiro atoms. The summed E-state index contributed by atoms with van der Waals surface area (Å²) >= 11 is 0. The summed E-state index contributed by atoms with van der Waals surface area (Å²) in [6.45, 7) is 4.12. The first kappa shape index (κ1) is 15.3. The lowest BCUT2D eigenvalue weighted by atomic mass is 10.1. The van der Waals surface area contributed by atoms with Crippen molar-refractivity contribution in [2.75, 3.05) is 5.32 Å². The summed E-state index contributed by atoms with van der Waals surface area (Å²) in [4.78, 5) is 4.77. The van der Waals surface area contributed by atoms with Crippen molar-refractivity contribution in [3.8, 4) is 17.0 Å². The minimum atomic E-state index is 0.219. The van der Waals surface area contributed by atoms with Gasteiger partial charge in [0.25, 0.3) is 0 Å². The number of aromatic hydroxyl groups is 1. The third-order valence-corrected chi connectivity index (χ3v) is 4.40. The van der Waals surface area contributed by atoms with E-state index in [0.29, 0.717) is 5.56 Å². The van der Waals surface area contributed by atoms with Crippen LogP contribution in [-0.2, 0) is 0 Å². The highest BCUT2D eigenvalue weighted by molar-refractivity contribution is 5.83. The van der Waals surface area contributed by atoms with Crippen molar-refractivity contribution in [3.63, 3.8) is 0 Å². The molecule has 2 aromatic carbocycles. The molecule has 0 aliphatic rings. The number of phenolic OH excluding ortho intramolecular Hbond substituents is 1. The first-order valence-electron chi connectivity index (χ1n) is 8.24. The van der Waals surface area contributed by atoms with Crippen molar-refractivity contribution in [1.29, 1.82) is 0 Å². The lowest BCUT2D eigenvalue weighted by Crippen LogP contribution is -2.00. The summed E-state index contributed by atoms with van der Waals surface area (Å²) in [5.41, 5.74) is 5.52. The van der Waals surface area contributed by atoms with Gasteiger partial charge in [0.2, 0.25) is 0 Å². The number of pyridine rings is 1. The van der Waals surface area contributed by atoms with Crippen molar-refractivity contribution >= 4 is 17.2 Å². The fourth-order valence-electron chi connectivity index (χ4n) is 3.07. The molecule has 0 aliphatic carbocycles. The topological polar surface area (TPSA) is 49.6 Å². The molecule has 0 saturated carbocycles. The van der Waals surface area contributed by atoms with E-state index >= 15 is 0 Å². The van der Waals surface area contributed by atoms with Crippen LogP contribution < -0.4 is 5.32 Å². The van der Waals surface area contributed by atoms with Crippen LogP contribution in [0.25, 0.3) is 16.9 Å². The van der Waals surface area contributed by atoms with Crippen molar-refractivity contribution in [3.05, 3.63) is 78.0 Å². The molecule has 2 N–H and O–H groups in total. The van der Waals surface area contributed by atoms with E-state index < -0.39 is 0 Å². The molecular weight excluding hydrogens is 310 g/mol. The highest BCUT2D eigenvalue weighted by Crippen LogP contribution is 2.36. The Balaban J connectivity index is 1.99. The quantitative estimate of drug-likeness (QED) is 0.552. The van der Waals surface area contributed by atoms with Crippen LogP contribution in [0.5, 0.6) is 5.75 Å². The summed E-state index contributed by atoms with van der Waals surface area (Å²) in [5.74, 6) is 1.07. The Morgan fingerprint density at radius 3 is 2.44 bits per heavy atom. The fraction of sp³-hybridized carbons (Fsp3) is 0.0952. The van der Waals surface area contributed by atoms with E-state index in [2.05, 4.69) is 22.7 Å². The highest BCUT2D eigenvalue weighted by atomic mass is 16.3. The number of fused-ring (bicyclic) bond motifs is 1. The molecule has 0 bridgehead atoms. The van der Waals surface area contributed by atoms with Gasteiger partial charge in [-0.1, -0.05) is 36.4 Å². The number of anilines is 2. The number of para-hydroxylation sites is 2. The molecule has 0 unspecified atom stereocenters. The normalized spacial score (nSPS) is 11.0. The standard InChI is InChI=1S/C21H19N3O/c1-14-8-3-5-11-17(14)22-21-20(16-10-4-6-12-18(16)25)23-19-13-7-9-15(2)24(19)21/h3-13,22,25H,1-2H3. The summed E-state index contributed by atoms with van der Waals surface area (Å²) in [6.07, 6.45) is 0. The van der Waals surface area contributed by atoms with E-state index in [4.69, 9.17) is 4.98 Å². The van der Waals surface area contributed by atoms with Crippen molar-refractivity contribution in [2.45, 2.75) is 13.8 Å². The van der Waals surface area contributed by atoms with Crippen LogP contribution in [0.1, 0.15) is 11.3 Å². The lowest BCUT2D eigenvalue weighted by molar-refractivity contribution is 0.477. The summed E-state index contributed by atoms with van der Waals surface area (Å²) < 4.78 is 2.08. The van der Waals surface area contributed by atoms with Crippen LogP contribution in [0.15, 0.2) is 66.7 Å². The maximum Gasteiger partial charge on any atom is 0.143 e. The number of aryl methyl sites for hydroxylation is 2. The highest BCUT2D eigenvalue weighted by Gasteiger charge is 2.18. The Labute approximate surface area is 146 Å². The number of hydrogen-bond acceptors (Lipinski definition) is 3. The Morgan fingerprint density at radius 1 is 0.880 bits per heavy atom. The van der Waals surface area contributed by atoms with Gasteiger partial charge in [0, 0.05) is 16.9 Å². The molecule has 25 heavy (non-hydrogen) atoms. The van der Waals surface area contributed by atoms with Gasteiger partial charge in [0.1, 0.15) is 22.9 Å². The summed E-state index contributed by atoms with van der Waals surface area (Å²) in [5, 5.41) is 13.8. The first-order chi connectivity index (χ1) is 12.1. The Kier molecular flexibility index (Phi) is 3.65. The average Bonchev–Trinajstić information content (AvgIpc) is 2.97. The van der Waals surface area contributed by atoms with E-state index in [1.54, 1.807) is 6.07 Å². The van der Waals surface area contributed by atoms with Gasteiger partial charge in [0.15, 0.2) is 0 Å². The maximum absolute atomic E-state index is 10.3. The van der Waals surface area contributed by atoms with Gasteiger partial charge in [0.05, 0.1) is 0 Å². The second kappa shape index (κ2) is 5.98. The number of phenols is 1. The molecule has 2 aromatic heterocycles. The molecule has 0 fully saturated rings. The number of rotatable bonds is 3. The molecule has 0 amide bonds. The molecule has 4 nitrogen and oxygen atoms in total. The van der Waals surface area contributed by atoms with Crippen molar-refractivity contribution < 1.29 is 5.11 Å². The van der Waals surface area contributed by atoms with E-state index in [0.717, 1.165) is 34.1 Å². The summed E-state index contributed by atoms with van der Waals surface area (Å²) in [7, 11) is 0. The number of imidazole rings is 1. The third kappa shape index (κ3) is 2.62. The second-order valence-electron chi connectivity index (χ2n) is 6.13. The van der Waals surface area contributed by atoms with E-state index in [9.17, 15) is 5.11 Å². The smallest absolute Gasteiger partial charge is 0.143 e. The number of aromatic nitrogens is 2. The second-order valence-corrected chi connectivity index (χ2v) is 6.13. The molecule has 4 heteroatoms. The molecule has 0 atom stereocenters. The molecular formula is C21H19N3O. The van der Waals surface area contributed by atoms with E-state index in [1.165, 1.54) is 0 Å². The molecule has 0 aliphatic heterocycles. The largest absolute Gasteiger partial charge is 0.507 e.